The predicted octanol–water partition coefficient (Wildman–Crippen LogP) is 3.06. The van der Waals surface area contributed by atoms with Crippen LogP contribution in [0.1, 0.15) is 11.1 Å². The molecule has 0 saturated heterocycles. The lowest BCUT2D eigenvalue weighted by molar-refractivity contribution is -0.113. The van der Waals surface area contributed by atoms with Gasteiger partial charge >= 0.3 is 0 Å². The number of rotatable bonds is 5. The molecule has 0 bridgehead atoms. The summed E-state index contributed by atoms with van der Waals surface area (Å²) in [4.78, 5) is 12.4. The summed E-state index contributed by atoms with van der Waals surface area (Å²) in [5.41, 5.74) is 2.69. The van der Waals surface area contributed by atoms with Crippen molar-refractivity contribution in [2.45, 2.75) is 6.42 Å². The van der Waals surface area contributed by atoms with Gasteiger partial charge < -0.3 is 5.32 Å². The molecule has 19 heavy (non-hydrogen) atoms. The van der Waals surface area contributed by atoms with Gasteiger partial charge in [0.1, 0.15) is 0 Å². The third kappa shape index (κ3) is 3.55. The molecular weight excluding hydrogens is 234 g/mol. The molecule has 0 aliphatic heterocycles. The Balaban J connectivity index is 2.21. The molecule has 0 unspecified atom stereocenters. The van der Waals surface area contributed by atoms with Crippen molar-refractivity contribution in [3.8, 4) is 0 Å². The van der Waals surface area contributed by atoms with Crippen LogP contribution in [-0.2, 0) is 11.2 Å². The molecule has 0 atom stereocenters. The number of hydrogen-bond donors (Lipinski definition) is 1. The maximum Gasteiger partial charge on any atom is 0.169 e. The molecule has 0 saturated carbocycles. The van der Waals surface area contributed by atoms with E-state index in [1.807, 2.05) is 60.7 Å². The van der Waals surface area contributed by atoms with Gasteiger partial charge in [-0.05, 0) is 11.1 Å². The topological polar surface area (TPSA) is 29.1 Å². The number of carbonyl (C=O) groups is 1. The molecule has 0 aliphatic rings. The van der Waals surface area contributed by atoms with Gasteiger partial charge in [-0.3, -0.25) is 4.79 Å². The van der Waals surface area contributed by atoms with Crippen LogP contribution in [0.2, 0.25) is 0 Å². The maximum atomic E-state index is 12.4. The largest absolute Gasteiger partial charge is 0.393 e. The van der Waals surface area contributed by atoms with Crippen LogP contribution < -0.4 is 5.32 Å². The Hall–Kier alpha value is -2.35. The number of nitrogens with one attached hydrogen (secondary N) is 1. The van der Waals surface area contributed by atoms with Crippen molar-refractivity contribution in [3.05, 3.63) is 78.0 Å². The van der Waals surface area contributed by atoms with Crippen LogP contribution in [0, 0.1) is 0 Å². The molecule has 2 aromatic carbocycles. The van der Waals surface area contributed by atoms with E-state index in [4.69, 9.17) is 0 Å². The van der Waals surface area contributed by atoms with E-state index in [1.54, 1.807) is 13.2 Å². The van der Waals surface area contributed by atoms with E-state index in [0.29, 0.717) is 12.0 Å². The molecule has 2 nitrogen and oxygen atoms in total. The van der Waals surface area contributed by atoms with Gasteiger partial charge in [0.05, 0.1) is 0 Å². The highest BCUT2D eigenvalue weighted by molar-refractivity contribution is 6.21. The second kappa shape index (κ2) is 6.55. The summed E-state index contributed by atoms with van der Waals surface area (Å²) in [5.74, 6) is 0.117. The van der Waals surface area contributed by atoms with Gasteiger partial charge in [0.2, 0.25) is 0 Å². The summed E-state index contributed by atoms with van der Waals surface area (Å²) < 4.78 is 0. The highest BCUT2D eigenvalue weighted by atomic mass is 16.1. The summed E-state index contributed by atoms with van der Waals surface area (Å²) in [6.07, 6.45) is 2.18. The third-order valence-corrected chi connectivity index (χ3v) is 2.88. The number of Topliss-reactive ketones (excluding diaryl/α,β-unsaturated/α-hetero) is 1. The molecule has 0 fully saturated rings. The van der Waals surface area contributed by atoms with Gasteiger partial charge in [-0.25, -0.2) is 0 Å². The van der Waals surface area contributed by atoms with E-state index in [1.165, 1.54) is 0 Å². The lowest BCUT2D eigenvalue weighted by Gasteiger charge is -2.07. The van der Waals surface area contributed by atoms with Crippen molar-refractivity contribution in [2.24, 2.45) is 0 Å². The summed E-state index contributed by atoms with van der Waals surface area (Å²) >= 11 is 0. The number of ketones is 1. The average Bonchev–Trinajstić information content (AvgIpc) is 2.46. The van der Waals surface area contributed by atoms with Crippen LogP contribution in [-0.4, -0.2) is 12.8 Å². The van der Waals surface area contributed by atoms with Crippen molar-refractivity contribution >= 4 is 11.4 Å². The molecule has 0 spiro atoms. The fourth-order valence-corrected chi connectivity index (χ4v) is 1.96. The molecule has 0 amide bonds. The molecule has 2 aromatic rings. The second-order valence-electron chi connectivity index (χ2n) is 4.30. The van der Waals surface area contributed by atoms with Crippen LogP contribution in [0.25, 0.3) is 5.57 Å². The summed E-state index contributed by atoms with van der Waals surface area (Å²) in [7, 11) is 1.80. The normalized spacial score (nSPS) is 11.1. The van der Waals surface area contributed by atoms with E-state index < -0.39 is 0 Å². The summed E-state index contributed by atoms with van der Waals surface area (Å²) in [6, 6.07) is 19.5. The summed E-state index contributed by atoms with van der Waals surface area (Å²) in [5, 5.41) is 2.95. The zero-order valence-electron chi connectivity index (χ0n) is 11.0. The van der Waals surface area contributed by atoms with Gasteiger partial charge in [-0.15, -0.1) is 0 Å². The van der Waals surface area contributed by atoms with Crippen molar-refractivity contribution in [1.29, 1.82) is 0 Å². The van der Waals surface area contributed by atoms with Crippen molar-refractivity contribution in [3.63, 3.8) is 0 Å². The van der Waals surface area contributed by atoms with Gasteiger partial charge in [-0.2, -0.15) is 0 Å². The number of hydrogen-bond acceptors (Lipinski definition) is 2. The quantitative estimate of drug-likeness (QED) is 0.827. The summed E-state index contributed by atoms with van der Waals surface area (Å²) in [6.45, 7) is 0. The number of benzene rings is 2. The molecule has 0 aliphatic carbocycles. The minimum atomic E-state index is 0.117. The van der Waals surface area contributed by atoms with Gasteiger partial charge in [0.15, 0.2) is 5.78 Å². The predicted molar refractivity (Wildman–Crippen MR) is 78.6 cm³/mol. The Morgan fingerprint density at radius 2 is 1.58 bits per heavy atom. The van der Waals surface area contributed by atoms with Crippen molar-refractivity contribution < 1.29 is 4.79 Å². The molecule has 1 N–H and O–H groups in total. The molecular formula is C17H17NO. The molecule has 2 rings (SSSR count). The lowest BCUT2D eigenvalue weighted by atomic mass is 9.98. The Kier molecular flexibility index (Phi) is 4.51. The number of allylic oxidation sites excluding steroid dienone is 1. The monoisotopic (exact) mass is 251 g/mol. The van der Waals surface area contributed by atoms with Gasteiger partial charge in [-0.1, -0.05) is 60.7 Å². The molecule has 0 heterocycles. The minimum absolute atomic E-state index is 0.117. The smallest absolute Gasteiger partial charge is 0.169 e. The minimum Gasteiger partial charge on any atom is -0.393 e. The standard InChI is InChI=1S/C17H17NO/c1-18-13-16(15-10-6-3-7-11-15)17(19)12-14-8-4-2-5-9-14/h2-11,13,18H,12H2,1H3. The zero-order valence-corrected chi connectivity index (χ0v) is 11.0. The van der Waals surface area contributed by atoms with E-state index in [2.05, 4.69) is 5.32 Å². The molecule has 96 valence electrons. The van der Waals surface area contributed by atoms with Gasteiger partial charge in [0.25, 0.3) is 0 Å². The first-order chi connectivity index (χ1) is 9.31. The van der Waals surface area contributed by atoms with Crippen LogP contribution in [0.15, 0.2) is 66.9 Å². The van der Waals surface area contributed by atoms with E-state index >= 15 is 0 Å². The Morgan fingerprint density at radius 3 is 2.16 bits per heavy atom. The van der Waals surface area contributed by atoms with E-state index in [9.17, 15) is 4.79 Å². The van der Waals surface area contributed by atoms with Crippen LogP contribution >= 0.6 is 0 Å². The lowest BCUT2D eigenvalue weighted by Crippen LogP contribution is -2.09. The first-order valence-corrected chi connectivity index (χ1v) is 6.31. The van der Waals surface area contributed by atoms with Gasteiger partial charge in [0, 0.05) is 25.2 Å². The van der Waals surface area contributed by atoms with Crippen LogP contribution in [0.3, 0.4) is 0 Å². The molecule has 2 heteroatoms. The van der Waals surface area contributed by atoms with Crippen molar-refractivity contribution in [1.82, 2.24) is 5.32 Å². The Morgan fingerprint density at radius 1 is 1.00 bits per heavy atom. The third-order valence-electron chi connectivity index (χ3n) is 2.88. The number of carbonyl (C=O) groups excluding carboxylic acids is 1. The zero-order chi connectivity index (χ0) is 13.5. The first-order valence-electron chi connectivity index (χ1n) is 6.31. The van der Waals surface area contributed by atoms with E-state index in [0.717, 1.165) is 11.1 Å². The van der Waals surface area contributed by atoms with Crippen molar-refractivity contribution in [2.75, 3.05) is 7.05 Å². The fourth-order valence-electron chi connectivity index (χ4n) is 1.96. The highest BCUT2D eigenvalue weighted by Crippen LogP contribution is 2.16. The molecule has 0 radical (unpaired) electrons. The Labute approximate surface area is 113 Å². The first kappa shape index (κ1) is 13.1. The van der Waals surface area contributed by atoms with Crippen LogP contribution in [0.5, 0.6) is 0 Å². The second-order valence-corrected chi connectivity index (χ2v) is 4.30. The van der Waals surface area contributed by atoms with E-state index in [-0.39, 0.29) is 5.78 Å². The Bertz CT molecular complexity index is 558. The van der Waals surface area contributed by atoms with Crippen LogP contribution in [0.4, 0.5) is 0 Å². The maximum absolute atomic E-state index is 12.4. The molecule has 0 aromatic heterocycles. The SMILES string of the molecule is CNC=C(C(=O)Cc1ccccc1)c1ccccc1. The highest BCUT2D eigenvalue weighted by Gasteiger charge is 2.12. The fraction of sp³-hybridized carbons (Fsp3) is 0.118. The average molecular weight is 251 g/mol.